The van der Waals surface area contributed by atoms with Gasteiger partial charge < -0.3 is 10.6 Å². The van der Waals surface area contributed by atoms with E-state index < -0.39 is 4.92 Å². The topological polar surface area (TPSA) is 89.5 Å². The highest BCUT2D eigenvalue weighted by molar-refractivity contribution is 5.99. The van der Waals surface area contributed by atoms with Gasteiger partial charge in [0.15, 0.2) is 0 Å². The molecule has 1 aliphatic rings. The maximum absolute atomic E-state index is 12.7. The fourth-order valence-corrected chi connectivity index (χ4v) is 2.86. The van der Waals surface area contributed by atoms with Crippen molar-refractivity contribution in [2.75, 3.05) is 5.73 Å². The molecular formula is C14H19N3O3. The van der Waals surface area contributed by atoms with Crippen LogP contribution in [0.25, 0.3) is 0 Å². The third-order valence-electron chi connectivity index (χ3n) is 3.94. The molecule has 1 heterocycles. The predicted molar refractivity (Wildman–Crippen MR) is 76.5 cm³/mol. The number of nitrogens with two attached hydrogens (primary N) is 1. The van der Waals surface area contributed by atoms with Gasteiger partial charge in [-0.15, -0.1) is 0 Å². The van der Waals surface area contributed by atoms with E-state index in [1.807, 2.05) is 13.8 Å². The number of carbonyl (C=O) groups is 1. The summed E-state index contributed by atoms with van der Waals surface area (Å²) >= 11 is 0. The van der Waals surface area contributed by atoms with Crippen LogP contribution in [-0.2, 0) is 0 Å². The molecule has 0 saturated carbocycles. The van der Waals surface area contributed by atoms with Crippen LogP contribution in [0.1, 0.15) is 43.5 Å². The third-order valence-corrected chi connectivity index (χ3v) is 3.94. The number of rotatable bonds is 3. The number of anilines is 1. The van der Waals surface area contributed by atoms with E-state index in [9.17, 15) is 14.9 Å². The van der Waals surface area contributed by atoms with Crippen LogP contribution in [0.4, 0.5) is 11.4 Å². The lowest BCUT2D eigenvalue weighted by Crippen LogP contribution is -2.40. The molecule has 1 amide bonds. The average molecular weight is 277 g/mol. The zero-order valence-electron chi connectivity index (χ0n) is 11.7. The minimum atomic E-state index is -0.533. The Balaban J connectivity index is 2.42. The first kappa shape index (κ1) is 14.3. The van der Waals surface area contributed by atoms with Crippen LogP contribution in [0.5, 0.6) is 0 Å². The van der Waals surface area contributed by atoms with E-state index in [4.69, 9.17) is 5.73 Å². The Labute approximate surface area is 117 Å². The van der Waals surface area contributed by atoms with Crippen molar-refractivity contribution in [3.63, 3.8) is 0 Å². The van der Waals surface area contributed by atoms with E-state index in [1.54, 1.807) is 4.90 Å². The van der Waals surface area contributed by atoms with Gasteiger partial charge in [-0.25, -0.2) is 0 Å². The molecule has 2 atom stereocenters. The third kappa shape index (κ3) is 2.45. The number of carbonyl (C=O) groups excluding carboxylic acids is 1. The second-order valence-corrected chi connectivity index (χ2v) is 5.23. The largest absolute Gasteiger partial charge is 0.399 e. The number of nitrogen functional groups attached to an aromatic ring is 1. The Morgan fingerprint density at radius 2 is 2.20 bits per heavy atom. The highest BCUT2D eigenvalue weighted by Crippen LogP contribution is 2.31. The van der Waals surface area contributed by atoms with Gasteiger partial charge in [0.05, 0.1) is 4.92 Å². The van der Waals surface area contributed by atoms with Crippen molar-refractivity contribution in [3.8, 4) is 0 Å². The van der Waals surface area contributed by atoms with Crippen molar-refractivity contribution in [1.82, 2.24) is 4.90 Å². The number of amides is 1. The summed E-state index contributed by atoms with van der Waals surface area (Å²) in [6, 6.07) is 4.40. The predicted octanol–water partition coefficient (Wildman–Crippen LogP) is 2.58. The Kier molecular flexibility index (Phi) is 3.92. The number of hydrogen-bond acceptors (Lipinski definition) is 4. The Morgan fingerprint density at radius 1 is 1.50 bits per heavy atom. The van der Waals surface area contributed by atoms with Crippen LogP contribution in [0.3, 0.4) is 0 Å². The fraction of sp³-hybridized carbons (Fsp3) is 0.500. The zero-order valence-corrected chi connectivity index (χ0v) is 11.7. The number of nitro groups is 1. The fourth-order valence-electron chi connectivity index (χ4n) is 2.86. The number of likely N-dealkylation sites (tertiary alicyclic amines) is 1. The second-order valence-electron chi connectivity index (χ2n) is 5.23. The molecular weight excluding hydrogens is 258 g/mol. The lowest BCUT2D eigenvalue weighted by Gasteiger charge is -2.28. The molecule has 2 N–H and O–H groups in total. The minimum absolute atomic E-state index is 0.0854. The number of benzene rings is 1. The first-order valence-corrected chi connectivity index (χ1v) is 6.82. The molecule has 0 radical (unpaired) electrons. The molecule has 6 nitrogen and oxygen atoms in total. The molecule has 20 heavy (non-hydrogen) atoms. The number of hydrogen-bond donors (Lipinski definition) is 1. The smallest absolute Gasteiger partial charge is 0.282 e. The lowest BCUT2D eigenvalue weighted by molar-refractivity contribution is -0.385. The highest BCUT2D eigenvalue weighted by Gasteiger charge is 2.36. The van der Waals surface area contributed by atoms with Gasteiger partial charge in [0.2, 0.25) is 0 Å². The van der Waals surface area contributed by atoms with Crippen molar-refractivity contribution in [2.24, 2.45) is 0 Å². The van der Waals surface area contributed by atoms with Gasteiger partial charge in [-0.2, -0.15) is 0 Å². The second kappa shape index (κ2) is 5.48. The van der Waals surface area contributed by atoms with Crippen LogP contribution in [0, 0.1) is 10.1 Å². The molecule has 6 heteroatoms. The van der Waals surface area contributed by atoms with Crippen LogP contribution < -0.4 is 5.73 Å². The zero-order chi connectivity index (χ0) is 14.9. The van der Waals surface area contributed by atoms with Crippen molar-refractivity contribution < 1.29 is 9.72 Å². The monoisotopic (exact) mass is 277 g/mol. The summed E-state index contributed by atoms with van der Waals surface area (Å²) in [5.74, 6) is -0.291. The molecule has 0 aliphatic carbocycles. The van der Waals surface area contributed by atoms with E-state index in [2.05, 4.69) is 0 Å². The SMILES string of the molecule is CCC1CCC(C)N1C(=O)c1cc(N)ccc1[N+](=O)[O-]. The summed E-state index contributed by atoms with van der Waals surface area (Å²) < 4.78 is 0. The summed E-state index contributed by atoms with van der Waals surface area (Å²) in [4.78, 5) is 25.0. The molecule has 108 valence electrons. The van der Waals surface area contributed by atoms with Gasteiger partial charge in [0.1, 0.15) is 5.56 Å². The molecule has 1 saturated heterocycles. The van der Waals surface area contributed by atoms with Gasteiger partial charge in [-0.1, -0.05) is 6.92 Å². The van der Waals surface area contributed by atoms with E-state index in [0.29, 0.717) is 5.69 Å². The van der Waals surface area contributed by atoms with Crippen molar-refractivity contribution >= 4 is 17.3 Å². The van der Waals surface area contributed by atoms with Gasteiger partial charge in [0.25, 0.3) is 11.6 Å². The molecule has 0 aromatic heterocycles. The van der Waals surface area contributed by atoms with Gasteiger partial charge in [-0.05, 0) is 38.3 Å². The van der Waals surface area contributed by atoms with Crippen molar-refractivity contribution in [2.45, 2.75) is 45.2 Å². The van der Waals surface area contributed by atoms with Gasteiger partial charge in [0, 0.05) is 23.8 Å². The van der Waals surface area contributed by atoms with Crippen LogP contribution >= 0.6 is 0 Å². The van der Waals surface area contributed by atoms with Gasteiger partial charge >= 0.3 is 0 Å². The van der Waals surface area contributed by atoms with Crippen LogP contribution in [0.2, 0.25) is 0 Å². The Hall–Kier alpha value is -2.11. The van der Waals surface area contributed by atoms with E-state index in [0.717, 1.165) is 19.3 Å². The maximum Gasteiger partial charge on any atom is 0.282 e. The molecule has 1 fully saturated rings. The lowest BCUT2D eigenvalue weighted by atomic mass is 10.1. The summed E-state index contributed by atoms with van der Waals surface area (Å²) in [7, 11) is 0. The quantitative estimate of drug-likeness (QED) is 0.522. The highest BCUT2D eigenvalue weighted by atomic mass is 16.6. The van der Waals surface area contributed by atoms with Crippen LogP contribution in [-0.4, -0.2) is 27.8 Å². The average Bonchev–Trinajstić information content (AvgIpc) is 2.78. The molecule has 0 spiro atoms. The summed E-state index contributed by atoms with van der Waals surface area (Å²) in [5, 5.41) is 11.1. The van der Waals surface area contributed by atoms with E-state index in [1.165, 1.54) is 18.2 Å². The van der Waals surface area contributed by atoms with E-state index in [-0.39, 0.29) is 29.2 Å². The Morgan fingerprint density at radius 3 is 2.80 bits per heavy atom. The first-order valence-electron chi connectivity index (χ1n) is 6.82. The normalized spacial score (nSPS) is 22.0. The van der Waals surface area contributed by atoms with Crippen molar-refractivity contribution in [1.29, 1.82) is 0 Å². The number of nitrogens with zero attached hydrogens (tertiary/aromatic N) is 2. The molecule has 0 bridgehead atoms. The Bertz CT molecular complexity index is 544. The molecule has 1 aromatic rings. The molecule has 2 rings (SSSR count). The molecule has 2 unspecified atom stereocenters. The first-order chi connectivity index (χ1) is 9.45. The van der Waals surface area contributed by atoms with Crippen LogP contribution in [0.15, 0.2) is 18.2 Å². The standard InChI is InChI=1S/C14H19N3O3/c1-3-11-6-4-9(2)16(11)14(18)12-8-10(15)5-7-13(12)17(19)20/h5,7-9,11H,3-4,6,15H2,1-2H3. The summed E-state index contributed by atoms with van der Waals surface area (Å²) in [6.45, 7) is 4.00. The molecule has 1 aromatic carbocycles. The maximum atomic E-state index is 12.7. The summed E-state index contributed by atoms with van der Waals surface area (Å²) in [5.41, 5.74) is 5.94. The van der Waals surface area contributed by atoms with E-state index >= 15 is 0 Å². The van der Waals surface area contributed by atoms with Gasteiger partial charge in [-0.3, -0.25) is 14.9 Å². The molecule has 1 aliphatic heterocycles. The van der Waals surface area contributed by atoms with Crippen molar-refractivity contribution in [3.05, 3.63) is 33.9 Å². The minimum Gasteiger partial charge on any atom is -0.399 e. The summed E-state index contributed by atoms with van der Waals surface area (Å²) in [6.07, 6.45) is 2.73. The number of nitro benzene ring substituents is 1.